The van der Waals surface area contributed by atoms with Gasteiger partial charge in [-0.2, -0.15) is 0 Å². The Hall–Kier alpha value is -3.85. The van der Waals surface area contributed by atoms with Crippen LogP contribution in [0.4, 0.5) is 10.5 Å². The van der Waals surface area contributed by atoms with E-state index in [2.05, 4.69) is 0 Å². The van der Waals surface area contributed by atoms with Gasteiger partial charge in [-0.05, 0) is 55.3 Å². The lowest BCUT2D eigenvalue weighted by Crippen LogP contribution is -2.42. The summed E-state index contributed by atoms with van der Waals surface area (Å²) in [5.74, 6) is -0.825. The van der Waals surface area contributed by atoms with Gasteiger partial charge in [0, 0.05) is 16.9 Å². The van der Waals surface area contributed by atoms with Crippen molar-refractivity contribution in [2.45, 2.75) is 20.4 Å². The van der Waals surface area contributed by atoms with Crippen LogP contribution in [-0.4, -0.2) is 41.0 Å². The number of amides is 1. The molecule has 1 aliphatic rings. The third-order valence-electron chi connectivity index (χ3n) is 5.57. The summed E-state index contributed by atoms with van der Waals surface area (Å²) in [6.07, 6.45) is 0.739. The van der Waals surface area contributed by atoms with E-state index in [1.165, 1.54) is 15.7 Å². The molecule has 9 nitrogen and oxygen atoms in total. The minimum absolute atomic E-state index is 0.0744. The summed E-state index contributed by atoms with van der Waals surface area (Å²) < 4.78 is 12.2. The zero-order valence-electron chi connectivity index (χ0n) is 18.6. The Balaban J connectivity index is 1.83. The van der Waals surface area contributed by atoms with Gasteiger partial charge in [0.2, 0.25) is 0 Å². The van der Waals surface area contributed by atoms with E-state index >= 15 is 0 Å². The fourth-order valence-corrected chi connectivity index (χ4v) is 3.88. The van der Waals surface area contributed by atoms with Crippen LogP contribution < -0.4 is 16.1 Å². The number of cyclic esters (lactones) is 1. The van der Waals surface area contributed by atoms with E-state index in [0.29, 0.717) is 35.1 Å². The number of anilines is 1. The Bertz CT molecular complexity index is 1380. The molecule has 1 aromatic heterocycles. The third-order valence-corrected chi connectivity index (χ3v) is 5.98. The van der Waals surface area contributed by atoms with Crippen LogP contribution >= 0.6 is 11.6 Å². The molecular weight excluding hydrogens is 462 g/mol. The van der Waals surface area contributed by atoms with E-state index in [4.69, 9.17) is 21.1 Å². The molecule has 4 rings (SSSR count). The van der Waals surface area contributed by atoms with E-state index in [1.807, 2.05) is 0 Å². The number of rotatable bonds is 6. The number of nitrogens with zero attached hydrogens (tertiary/aromatic N) is 3. The van der Waals surface area contributed by atoms with Gasteiger partial charge in [-0.15, -0.1) is 0 Å². The van der Waals surface area contributed by atoms with Crippen LogP contribution in [0, 0.1) is 6.92 Å². The van der Waals surface area contributed by atoms with E-state index in [9.17, 15) is 19.2 Å². The summed E-state index contributed by atoms with van der Waals surface area (Å²) in [6, 6.07) is 11.8. The van der Waals surface area contributed by atoms with Gasteiger partial charge in [0.25, 0.3) is 5.56 Å². The van der Waals surface area contributed by atoms with Gasteiger partial charge in [-0.25, -0.2) is 14.4 Å². The van der Waals surface area contributed by atoms with Gasteiger partial charge in [0.1, 0.15) is 12.2 Å². The van der Waals surface area contributed by atoms with Gasteiger partial charge in [-0.3, -0.25) is 18.8 Å². The first-order chi connectivity index (χ1) is 16.3. The van der Waals surface area contributed by atoms with Crippen LogP contribution in [0.1, 0.15) is 28.4 Å². The number of esters is 1. The number of hydrogen-bond donors (Lipinski definition) is 0. The van der Waals surface area contributed by atoms with Gasteiger partial charge in [0.05, 0.1) is 25.4 Å². The van der Waals surface area contributed by atoms with Crippen LogP contribution in [-0.2, 0) is 16.0 Å². The van der Waals surface area contributed by atoms with Crippen molar-refractivity contribution < 1.29 is 19.1 Å². The third kappa shape index (κ3) is 4.34. The lowest BCUT2D eigenvalue weighted by molar-refractivity contribution is 0.0522. The first kappa shape index (κ1) is 23.3. The summed E-state index contributed by atoms with van der Waals surface area (Å²) in [6.45, 7) is 4.15. The second kappa shape index (κ2) is 9.56. The molecule has 10 heteroatoms. The first-order valence-electron chi connectivity index (χ1n) is 10.6. The smallest absolute Gasteiger partial charge is 0.414 e. The van der Waals surface area contributed by atoms with Crippen molar-refractivity contribution in [3.05, 3.63) is 91.2 Å². The Morgan fingerprint density at radius 2 is 1.79 bits per heavy atom. The predicted octanol–water partition coefficient (Wildman–Crippen LogP) is 3.14. The number of halogens is 1. The normalized spacial score (nSPS) is 13.1. The van der Waals surface area contributed by atoms with E-state index < -0.39 is 23.3 Å². The maximum absolute atomic E-state index is 13.4. The molecule has 0 N–H and O–H groups in total. The Labute approximate surface area is 199 Å². The molecule has 0 atom stereocenters. The molecule has 1 amide bonds. The Morgan fingerprint density at radius 1 is 1.09 bits per heavy atom. The molecule has 0 saturated carbocycles. The highest BCUT2D eigenvalue weighted by Crippen LogP contribution is 2.21. The van der Waals surface area contributed by atoms with Crippen molar-refractivity contribution in [2.75, 3.05) is 24.7 Å². The summed E-state index contributed by atoms with van der Waals surface area (Å²) in [5.41, 5.74) is 0.748. The molecule has 176 valence electrons. The number of carbonyl (C=O) groups is 2. The molecule has 3 aromatic rings. The molecule has 0 spiro atoms. The molecule has 1 aliphatic heterocycles. The molecule has 0 bridgehead atoms. The maximum Gasteiger partial charge on any atom is 0.414 e. The molecule has 0 aliphatic carbocycles. The lowest BCUT2D eigenvalue weighted by Gasteiger charge is -2.16. The van der Waals surface area contributed by atoms with Crippen molar-refractivity contribution in [2.24, 2.45) is 0 Å². The van der Waals surface area contributed by atoms with Crippen molar-refractivity contribution >= 4 is 29.4 Å². The number of hydrogen-bond acceptors (Lipinski definition) is 6. The molecule has 0 unspecified atom stereocenters. The SMILES string of the molecule is CCOC(=O)c1cn(-c2ccc(N3CCOC3=O)cc2)c(=O)n(Cc2cccc(Cl)c2C)c1=O. The lowest BCUT2D eigenvalue weighted by atomic mass is 10.1. The quantitative estimate of drug-likeness (QED) is 0.499. The topological polar surface area (TPSA) is 99.8 Å². The van der Waals surface area contributed by atoms with Crippen LogP contribution in [0.3, 0.4) is 0 Å². The molecule has 2 aromatic carbocycles. The van der Waals surface area contributed by atoms with Crippen LogP contribution in [0.15, 0.2) is 58.3 Å². The predicted molar refractivity (Wildman–Crippen MR) is 126 cm³/mol. The highest BCUT2D eigenvalue weighted by atomic mass is 35.5. The zero-order valence-corrected chi connectivity index (χ0v) is 19.4. The summed E-state index contributed by atoms with van der Waals surface area (Å²) in [4.78, 5) is 52.3. The number of benzene rings is 2. The van der Waals surface area contributed by atoms with E-state index in [1.54, 1.807) is 56.3 Å². The Morgan fingerprint density at radius 3 is 2.44 bits per heavy atom. The van der Waals surface area contributed by atoms with Crippen molar-refractivity contribution in [3.8, 4) is 5.69 Å². The molecule has 1 saturated heterocycles. The largest absolute Gasteiger partial charge is 0.462 e. The standard InChI is InChI=1S/C24H22ClN3O6/c1-3-33-22(30)19-14-27(18-9-7-17(8-10-18)26-11-12-34-24(26)32)23(31)28(21(19)29)13-16-5-4-6-20(25)15(16)2/h4-10,14H,3,11-13H2,1-2H3. The molecule has 34 heavy (non-hydrogen) atoms. The van der Waals surface area contributed by atoms with Gasteiger partial charge in [0.15, 0.2) is 0 Å². The summed E-state index contributed by atoms with van der Waals surface area (Å²) in [7, 11) is 0. The van der Waals surface area contributed by atoms with Crippen LogP contribution in [0.2, 0.25) is 5.02 Å². The van der Waals surface area contributed by atoms with Crippen molar-refractivity contribution in [1.29, 1.82) is 0 Å². The summed E-state index contributed by atoms with van der Waals surface area (Å²) >= 11 is 6.21. The number of ether oxygens (including phenoxy) is 2. The second-order valence-electron chi connectivity index (χ2n) is 7.61. The monoisotopic (exact) mass is 483 g/mol. The van der Waals surface area contributed by atoms with Gasteiger partial charge >= 0.3 is 17.8 Å². The first-order valence-corrected chi connectivity index (χ1v) is 11.0. The minimum Gasteiger partial charge on any atom is -0.462 e. The number of carbonyl (C=O) groups excluding carboxylic acids is 2. The summed E-state index contributed by atoms with van der Waals surface area (Å²) in [5, 5.41) is 0.503. The molecular formula is C24H22ClN3O6. The molecule has 0 radical (unpaired) electrons. The van der Waals surface area contributed by atoms with Crippen molar-refractivity contribution in [1.82, 2.24) is 9.13 Å². The highest BCUT2D eigenvalue weighted by Gasteiger charge is 2.24. The number of aromatic nitrogens is 2. The molecule has 2 heterocycles. The Kier molecular flexibility index (Phi) is 6.56. The maximum atomic E-state index is 13.4. The van der Waals surface area contributed by atoms with Gasteiger partial charge < -0.3 is 9.47 Å². The fraction of sp³-hybridized carbons (Fsp3) is 0.250. The van der Waals surface area contributed by atoms with E-state index in [0.717, 1.165) is 10.1 Å². The van der Waals surface area contributed by atoms with E-state index in [-0.39, 0.29) is 18.7 Å². The minimum atomic E-state index is -0.825. The average molecular weight is 484 g/mol. The van der Waals surface area contributed by atoms with Crippen LogP contribution in [0.25, 0.3) is 5.69 Å². The molecule has 1 fully saturated rings. The fourth-order valence-electron chi connectivity index (χ4n) is 3.69. The van der Waals surface area contributed by atoms with Gasteiger partial charge in [-0.1, -0.05) is 23.7 Å². The van der Waals surface area contributed by atoms with Crippen molar-refractivity contribution in [3.63, 3.8) is 0 Å². The average Bonchev–Trinajstić information content (AvgIpc) is 3.25. The second-order valence-corrected chi connectivity index (χ2v) is 8.02. The van der Waals surface area contributed by atoms with Crippen LogP contribution in [0.5, 0.6) is 0 Å². The highest BCUT2D eigenvalue weighted by molar-refractivity contribution is 6.31. The zero-order chi connectivity index (χ0) is 24.4.